The third kappa shape index (κ3) is 4.79. The van der Waals surface area contributed by atoms with Crippen LogP contribution in [0.5, 0.6) is 0 Å². The van der Waals surface area contributed by atoms with Crippen molar-refractivity contribution in [3.63, 3.8) is 0 Å². The molecule has 3 heteroatoms. The van der Waals surface area contributed by atoms with Crippen LogP contribution in [-0.4, -0.2) is 12.6 Å². The molecular formula is C15H23Cl2N. The molecule has 1 N–H and O–H groups in total. The van der Waals surface area contributed by atoms with Crippen molar-refractivity contribution in [2.45, 2.75) is 46.6 Å². The van der Waals surface area contributed by atoms with Crippen molar-refractivity contribution in [1.82, 2.24) is 5.32 Å². The summed E-state index contributed by atoms with van der Waals surface area (Å²) in [5.41, 5.74) is 1.31. The van der Waals surface area contributed by atoms with Gasteiger partial charge in [-0.25, -0.2) is 0 Å². The van der Waals surface area contributed by atoms with Crippen LogP contribution in [-0.2, 0) is 6.42 Å². The summed E-state index contributed by atoms with van der Waals surface area (Å²) in [5.74, 6) is 0. The average Bonchev–Trinajstić information content (AvgIpc) is 2.27. The van der Waals surface area contributed by atoms with Crippen LogP contribution in [0.3, 0.4) is 0 Å². The fourth-order valence-electron chi connectivity index (χ4n) is 1.92. The molecule has 0 spiro atoms. The first kappa shape index (κ1) is 15.8. The highest BCUT2D eigenvalue weighted by molar-refractivity contribution is 6.33. The molecule has 0 saturated carbocycles. The molecule has 1 aromatic rings. The lowest BCUT2D eigenvalue weighted by molar-refractivity contribution is 0.267. The minimum absolute atomic E-state index is 0.195. The molecule has 0 aliphatic heterocycles. The summed E-state index contributed by atoms with van der Waals surface area (Å²) in [6, 6.07) is 6.07. The van der Waals surface area contributed by atoms with E-state index in [0.717, 1.165) is 35.0 Å². The van der Waals surface area contributed by atoms with Gasteiger partial charge in [0.15, 0.2) is 0 Å². The van der Waals surface area contributed by atoms with E-state index in [2.05, 4.69) is 33.0 Å². The highest BCUT2D eigenvalue weighted by atomic mass is 35.5. The normalized spacial score (nSPS) is 13.7. The molecular weight excluding hydrogens is 265 g/mol. The van der Waals surface area contributed by atoms with Crippen molar-refractivity contribution >= 4 is 23.2 Å². The zero-order valence-corrected chi connectivity index (χ0v) is 13.2. The number of rotatable bonds is 5. The average molecular weight is 288 g/mol. The summed E-state index contributed by atoms with van der Waals surface area (Å²) in [6.07, 6.45) is 2.04. The second-order valence-corrected chi connectivity index (χ2v) is 6.66. The fraction of sp³-hybridized carbons (Fsp3) is 0.600. The molecule has 0 saturated heterocycles. The Labute approximate surface area is 121 Å². The van der Waals surface area contributed by atoms with Gasteiger partial charge in [0.25, 0.3) is 0 Å². The van der Waals surface area contributed by atoms with Crippen LogP contribution in [0.25, 0.3) is 0 Å². The predicted octanol–water partition coefficient (Wildman–Crippen LogP) is 4.95. The second kappa shape index (κ2) is 6.79. The van der Waals surface area contributed by atoms with E-state index >= 15 is 0 Å². The first-order valence-corrected chi connectivity index (χ1v) is 7.27. The monoisotopic (exact) mass is 287 g/mol. The van der Waals surface area contributed by atoms with Gasteiger partial charge in [-0.3, -0.25) is 0 Å². The maximum absolute atomic E-state index is 6.24. The molecule has 18 heavy (non-hydrogen) atoms. The third-order valence-electron chi connectivity index (χ3n) is 3.12. The molecule has 0 aliphatic carbocycles. The summed E-state index contributed by atoms with van der Waals surface area (Å²) >= 11 is 12.3. The van der Waals surface area contributed by atoms with Crippen molar-refractivity contribution in [3.05, 3.63) is 33.8 Å². The maximum atomic E-state index is 6.24. The van der Waals surface area contributed by atoms with Crippen molar-refractivity contribution < 1.29 is 0 Å². The Kier molecular flexibility index (Phi) is 5.97. The topological polar surface area (TPSA) is 12.0 Å². The molecule has 0 aromatic heterocycles. The molecule has 0 bridgehead atoms. The van der Waals surface area contributed by atoms with Crippen LogP contribution in [0.4, 0.5) is 0 Å². The molecule has 0 heterocycles. The van der Waals surface area contributed by atoms with E-state index in [9.17, 15) is 0 Å². The van der Waals surface area contributed by atoms with Crippen molar-refractivity contribution in [3.8, 4) is 0 Å². The molecule has 1 atom stereocenters. The van der Waals surface area contributed by atoms with Gasteiger partial charge in [-0.1, -0.05) is 50.9 Å². The third-order valence-corrected chi connectivity index (χ3v) is 3.72. The van der Waals surface area contributed by atoms with Crippen LogP contribution < -0.4 is 5.32 Å². The van der Waals surface area contributed by atoms with Gasteiger partial charge in [0.05, 0.1) is 0 Å². The van der Waals surface area contributed by atoms with Crippen LogP contribution in [0, 0.1) is 5.41 Å². The Morgan fingerprint density at radius 1 is 1.22 bits per heavy atom. The van der Waals surface area contributed by atoms with E-state index in [1.807, 2.05) is 18.2 Å². The van der Waals surface area contributed by atoms with Gasteiger partial charge in [-0.05, 0) is 48.6 Å². The smallest absolute Gasteiger partial charge is 0.0439 e. The summed E-state index contributed by atoms with van der Waals surface area (Å²) in [7, 11) is 0. The van der Waals surface area contributed by atoms with Crippen molar-refractivity contribution in [1.29, 1.82) is 0 Å². The second-order valence-electron chi connectivity index (χ2n) is 5.81. The number of benzene rings is 1. The summed E-state index contributed by atoms with van der Waals surface area (Å²) in [6.45, 7) is 9.95. The first-order valence-electron chi connectivity index (χ1n) is 6.52. The molecule has 1 rings (SSSR count). The van der Waals surface area contributed by atoms with E-state index in [4.69, 9.17) is 23.2 Å². The zero-order chi connectivity index (χ0) is 13.8. The van der Waals surface area contributed by atoms with E-state index in [-0.39, 0.29) is 5.41 Å². The number of hydrogen-bond donors (Lipinski definition) is 1. The van der Waals surface area contributed by atoms with E-state index in [0.29, 0.717) is 6.04 Å². The molecule has 0 amide bonds. The number of hydrogen-bond acceptors (Lipinski definition) is 1. The van der Waals surface area contributed by atoms with Gasteiger partial charge in [-0.2, -0.15) is 0 Å². The summed E-state index contributed by atoms with van der Waals surface area (Å²) < 4.78 is 0. The highest BCUT2D eigenvalue weighted by Gasteiger charge is 2.24. The molecule has 0 radical (unpaired) electrons. The molecule has 1 unspecified atom stereocenters. The fourth-order valence-corrected chi connectivity index (χ4v) is 2.31. The van der Waals surface area contributed by atoms with E-state index in [1.54, 1.807) is 0 Å². The zero-order valence-electron chi connectivity index (χ0n) is 11.7. The Bertz CT molecular complexity index is 383. The van der Waals surface area contributed by atoms with E-state index < -0.39 is 0 Å². The molecule has 0 fully saturated rings. The Morgan fingerprint density at radius 2 is 1.89 bits per heavy atom. The standard InChI is InChI=1S/C15H23Cl2N/c1-5-8-18-14(15(2,3)4)10-11-9-12(16)6-7-13(11)17/h6-7,9,14,18H,5,8,10H2,1-4H3. The lowest BCUT2D eigenvalue weighted by Gasteiger charge is -2.32. The van der Waals surface area contributed by atoms with E-state index in [1.165, 1.54) is 0 Å². The van der Waals surface area contributed by atoms with Gasteiger partial charge >= 0.3 is 0 Å². The number of nitrogens with one attached hydrogen (secondary N) is 1. The molecule has 1 aromatic carbocycles. The SMILES string of the molecule is CCCNC(Cc1cc(Cl)ccc1Cl)C(C)(C)C. The largest absolute Gasteiger partial charge is 0.313 e. The van der Waals surface area contributed by atoms with Gasteiger partial charge in [-0.15, -0.1) is 0 Å². The van der Waals surface area contributed by atoms with Crippen LogP contribution in [0.1, 0.15) is 39.7 Å². The minimum Gasteiger partial charge on any atom is -0.313 e. The number of halogens is 2. The molecule has 1 nitrogen and oxygen atoms in total. The Balaban J connectivity index is 2.85. The summed E-state index contributed by atoms with van der Waals surface area (Å²) in [5, 5.41) is 5.15. The minimum atomic E-state index is 0.195. The lowest BCUT2D eigenvalue weighted by Crippen LogP contribution is -2.42. The van der Waals surface area contributed by atoms with Gasteiger partial charge < -0.3 is 5.32 Å². The molecule has 102 valence electrons. The lowest BCUT2D eigenvalue weighted by atomic mass is 9.83. The quantitative estimate of drug-likeness (QED) is 0.808. The van der Waals surface area contributed by atoms with Crippen LogP contribution >= 0.6 is 23.2 Å². The van der Waals surface area contributed by atoms with Crippen molar-refractivity contribution in [2.75, 3.05) is 6.54 Å². The first-order chi connectivity index (χ1) is 8.34. The summed E-state index contributed by atoms with van der Waals surface area (Å²) in [4.78, 5) is 0. The van der Waals surface area contributed by atoms with Gasteiger partial charge in [0.2, 0.25) is 0 Å². The van der Waals surface area contributed by atoms with Crippen LogP contribution in [0.15, 0.2) is 18.2 Å². The van der Waals surface area contributed by atoms with Gasteiger partial charge in [0, 0.05) is 16.1 Å². The Morgan fingerprint density at radius 3 is 2.44 bits per heavy atom. The van der Waals surface area contributed by atoms with Crippen LogP contribution in [0.2, 0.25) is 10.0 Å². The van der Waals surface area contributed by atoms with Gasteiger partial charge in [0.1, 0.15) is 0 Å². The molecule has 0 aliphatic rings. The predicted molar refractivity (Wildman–Crippen MR) is 81.7 cm³/mol. The Hall–Kier alpha value is -0.240. The highest BCUT2D eigenvalue weighted by Crippen LogP contribution is 2.27. The van der Waals surface area contributed by atoms with Crippen molar-refractivity contribution in [2.24, 2.45) is 5.41 Å². The maximum Gasteiger partial charge on any atom is 0.0439 e.